The van der Waals surface area contributed by atoms with Crippen LogP contribution in [-0.4, -0.2) is 50.2 Å². The SMILES string of the molecule is Cn1cc(CN2C[C@@H]3C[C@H](C2)c2ccc(C(=O)NC4CC(F)(F)C4)c(=O)n2C3)cn1. The van der Waals surface area contributed by atoms with Crippen molar-refractivity contribution < 1.29 is 13.6 Å². The average molecular weight is 417 g/mol. The van der Waals surface area contributed by atoms with Gasteiger partial charge >= 0.3 is 0 Å². The van der Waals surface area contributed by atoms with Crippen LogP contribution in [0.3, 0.4) is 0 Å². The minimum absolute atomic E-state index is 0.0427. The second kappa shape index (κ2) is 7.01. The van der Waals surface area contributed by atoms with Crippen molar-refractivity contribution in [2.75, 3.05) is 13.1 Å². The molecule has 2 aromatic rings. The number of aryl methyl sites for hydroxylation is 1. The lowest BCUT2D eigenvalue weighted by atomic mass is 9.82. The van der Waals surface area contributed by atoms with Crippen LogP contribution in [0.1, 0.15) is 46.8 Å². The first-order valence-corrected chi connectivity index (χ1v) is 10.4. The van der Waals surface area contributed by atoms with Crippen LogP contribution in [0.25, 0.3) is 0 Å². The second-order valence-electron chi connectivity index (χ2n) is 9.04. The molecule has 0 aromatic carbocycles. The lowest BCUT2D eigenvalue weighted by Crippen LogP contribution is -2.52. The molecule has 2 atom stereocenters. The maximum Gasteiger partial charge on any atom is 0.263 e. The van der Waals surface area contributed by atoms with Gasteiger partial charge in [0.05, 0.1) is 6.20 Å². The summed E-state index contributed by atoms with van der Waals surface area (Å²) in [6.07, 6.45) is 4.22. The molecule has 1 saturated heterocycles. The summed E-state index contributed by atoms with van der Waals surface area (Å²) in [4.78, 5) is 27.9. The van der Waals surface area contributed by atoms with E-state index in [2.05, 4.69) is 15.3 Å². The topological polar surface area (TPSA) is 72.2 Å². The number of pyridine rings is 1. The number of likely N-dealkylation sites (tertiary alicyclic amines) is 1. The highest BCUT2D eigenvalue weighted by atomic mass is 19.3. The zero-order valence-corrected chi connectivity index (χ0v) is 16.9. The Kier molecular flexibility index (Phi) is 4.53. The van der Waals surface area contributed by atoms with Gasteiger partial charge in [0.25, 0.3) is 17.4 Å². The van der Waals surface area contributed by atoms with Gasteiger partial charge in [-0.25, -0.2) is 8.78 Å². The third kappa shape index (κ3) is 3.55. The number of carbonyl (C=O) groups excluding carboxylic acids is 1. The summed E-state index contributed by atoms with van der Waals surface area (Å²) in [5, 5.41) is 6.81. The van der Waals surface area contributed by atoms with E-state index in [1.807, 2.05) is 25.5 Å². The number of aromatic nitrogens is 3. The molecule has 160 valence electrons. The molecule has 4 heterocycles. The minimum Gasteiger partial charge on any atom is -0.349 e. The van der Waals surface area contributed by atoms with Gasteiger partial charge in [0.15, 0.2) is 0 Å². The summed E-state index contributed by atoms with van der Waals surface area (Å²) in [5.74, 6) is -2.68. The Morgan fingerprint density at radius 3 is 2.77 bits per heavy atom. The predicted molar refractivity (Wildman–Crippen MR) is 105 cm³/mol. The van der Waals surface area contributed by atoms with Gasteiger partial charge in [-0.05, 0) is 24.5 Å². The van der Waals surface area contributed by atoms with Crippen molar-refractivity contribution in [2.24, 2.45) is 13.0 Å². The number of alkyl halides is 2. The summed E-state index contributed by atoms with van der Waals surface area (Å²) in [7, 11) is 1.90. The lowest BCUT2D eigenvalue weighted by molar-refractivity contribution is -0.0901. The number of hydrogen-bond donors (Lipinski definition) is 1. The molecule has 1 N–H and O–H groups in total. The molecule has 2 fully saturated rings. The van der Waals surface area contributed by atoms with Gasteiger partial charge in [-0.1, -0.05) is 0 Å². The van der Waals surface area contributed by atoms with E-state index in [1.165, 1.54) is 5.56 Å². The Bertz CT molecular complexity index is 1040. The number of halogens is 2. The molecule has 2 bridgehead atoms. The maximum atomic E-state index is 13.0. The number of piperidine rings is 1. The largest absolute Gasteiger partial charge is 0.349 e. The Morgan fingerprint density at radius 2 is 2.07 bits per heavy atom. The first-order chi connectivity index (χ1) is 14.3. The van der Waals surface area contributed by atoms with E-state index in [-0.39, 0.29) is 29.9 Å². The van der Waals surface area contributed by atoms with Gasteiger partial charge in [0, 0.05) is 75.5 Å². The summed E-state index contributed by atoms with van der Waals surface area (Å²) < 4.78 is 29.6. The number of amides is 1. The standard InChI is InChI=1S/C21H25F2N5O2/c1-26-8-14(7-24-26)10-27-9-13-4-15(12-27)18-3-2-17(20(30)28(18)11-13)19(29)25-16-5-21(22,23)6-16/h2-3,7-8,13,15-16H,4-6,9-12H2,1H3,(H,25,29)/t13-,15+/m0/s1. The van der Waals surface area contributed by atoms with Crippen LogP contribution in [0.4, 0.5) is 8.78 Å². The van der Waals surface area contributed by atoms with E-state index in [0.29, 0.717) is 12.5 Å². The van der Waals surface area contributed by atoms with E-state index in [9.17, 15) is 18.4 Å². The van der Waals surface area contributed by atoms with Crippen LogP contribution in [-0.2, 0) is 20.1 Å². The normalized spacial score (nSPS) is 25.4. The van der Waals surface area contributed by atoms with Gasteiger partial charge in [-0.15, -0.1) is 0 Å². The minimum atomic E-state index is -2.71. The Morgan fingerprint density at radius 1 is 1.27 bits per heavy atom. The van der Waals surface area contributed by atoms with Crippen LogP contribution in [0.2, 0.25) is 0 Å². The fraction of sp³-hybridized carbons (Fsp3) is 0.571. The lowest BCUT2D eigenvalue weighted by Gasteiger charge is -2.42. The Labute approximate surface area is 172 Å². The Balaban J connectivity index is 1.32. The predicted octanol–water partition coefficient (Wildman–Crippen LogP) is 1.73. The molecule has 0 unspecified atom stereocenters. The highest BCUT2D eigenvalue weighted by Gasteiger charge is 2.46. The van der Waals surface area contributed by atoms with Gasteiger partial charge in [-0.2, -0.15) is 5.10 Å². The van der Waals surface area contributed by atoms with Crippen LogP contribution >= 0.6 is 0 Å². The Hall–Kier alpha value is -2.55. The first kappa shape index (κ1) is 19.4. The quantitative estimate of drug-likeness (QED) is 0.823. The summed E-state index contributed by atoms with van der Waals surface area (Å²) in [6, 6.07) is 2.86. The molecular formula is C21H25F2N5O2. The van der Waals surface area contributed by atoms with Gasteiger partial charge in [-0.3, -0.25) is 19.2 Å². The molecule has 9 heteroatoms. The fourth-order valence-corrected chi connectivity index (χ4v) is 5.18. The molecular weight excluding hydrogens is 392 g/mol. The third-order valence-corrected chi connectivity index (χ3v) is 6.51. The number of nitrogens with zero attached hydrogens (tertiary/aromatic N) is 4. The van der Waals surface area contributed by atoms with Crippen molar-refractivity contribution in [3.05, 3.63) is 51.7 Å². The molecule has 2 aliphatic heterocycles. The van der Waals surface area contributed by atoms with Crippen molar-refractivity contribution >= 4 is 5.91 Å². The van der Waals surface area contributed by atoms with E-state index in [0.717, 1.165) is 31.7 Å². The van der Waals surface area contributed by atoms with Crippen molar-refractivity contribution in [3.8, 4) is 0 Å². The molecule has 2 aromatic heterocycles. The number of nitrogens with one attached hydrogen (secondary N) is 1. The smallest absolute Gasteiger partial charge is 0.263 e. The number of rotatable bonds is 4. The van der Waals surface area contributed by atoms with E-state index in [1.54, 1.807) is 15.3 Å². The molecule has 3 aliphatic rings. The van der Waals surface area contributed by atoms with Crippen LogP contribution in [0.15, 0.2) is 29.3 Å². The maximum absolute atomic E-state index is 13.0. The molecule has 0 radical (unpaired) electrons. The first-order valence-electron chi connectivity index (χ1n) is 10.4. The van der Waals surface area contributed by atoms with Crippen LogP contribution in [0, 0.1) is 5.92 Å². The molecule has 30 heavy (non-hydrogen) atoms. The van der Waals surface area contributed by atoms with Gasteiger partial charge in [0.1, 0.15) is 5.56 Å². The van der Waals surface area contributed by atoms with Crippen molar-refractivity contribution in [3.63, 3.8) is 0 Å². The number of carbonyl (C=O) groups is 1. The second-order valence-corrected chi connectivity index (χ2v) is 9.04. The highest BCUT2D eigenvalue weighted by Crippen LogP contribution is 2.38. The van der Waals surface area contributed by atoms with Gasteiger partial charge < -0.3 is 9.88 Å². The van der Waals surface area contributed by atoms with Gasteiger partial charge in [0.2, 0.25) is 0 Å². The summed E-state index contributed by atoms with van der Waals surface area (Å²) in [6.45, 7) is 3.16. The summed E-state index contributed by atoms with van der Waals surface area (Å²) >= 11 is 0. The average Bonchev–Trinajstić information content (AvgIpc) is 3.05. The van der Waals surface area contributed by atoms with Crippen LogP contribution in [0.5, 0.6) is 0 Å². The zero-order chi connectivity index (χ0) is 21.0. The third-order valence-electron chi connectivity index (χ3n) is 6.51. The summed E-state index contributed by atoms with van der Waals surface area (Å²) in [5.41, 5.74) is 1.86. The number of hydrogen-bond acceptors (Lipinski definition) is 4. The molecule has 7 nitrogen and oxygen atoms in total. The van der Waals surface area contributed by atoms with Crippen molar-refractivity contribution in [2.45, 2.75) is 50.2 Å². The van der Waals surface area contributed by atoms with E-state index < -0.39 is 17.9 Å². The molecule has 1 saturated carbocycles. The monoisotopic (exact) mass is 417 g/mol. The molecule has 5 rings (SSSR count). The molecule has 1 aliphatic carbocycles. The fourth-order valence-electron chi connectivity index (χ4n) is 5.18. The van der Waals surface area contributed by atoms with Crippen molar-refractivity contribution in [1.82, 2.24) is 24.6 Å². The van der Waals surface area contributed by atoms with Crippen LogP contribution < -0.4 is 10.9 Å². The molecule has 1 amide bonds. The van der Waals surface area contributed by atoms with E-state index >= 15 is 0 Å². The highest BCUT2D eigenvalue weighted by molar-refractivity contribution is 5.94. The zero-order valence-electron chi connectivity index (χ0n) is 16.9. The number of fused-ring (bicyclic) bond motifs is 4. The van der Waals surface area contributed by atoms with E-state index in [4.69, 9.17) is 0 Å². The van der Waals surface area contributed by atoms with Crippen molar-refractivity contribution in [1.29, 1.82) is 0 Å². The molecule has 0 spiro atoms.